The number of amides is 1. The highest BCUT2D eigenvalue weighted by molar-refractivity contribution is 5.95. The van der Waals surface area contributed by atoms with Gasteiger partial charge in [-0.1, -0.05) is 48.5 Å². The molecule has 160 valence electrons. The van der Waals surface area contributed by atoms with Crippen LogP contribution in [0.15, 0.2) is 79.0 Å². The quantitative estimate of drug-likeness (QED) is 0.503. The smallest absolute Gasteiger partial charge is 0.256 e. The minimum atomic E-state index is -0.498. The van der Waals surface area contributed by atoms with Crippen LogP contribution in [0.2, 0.25) is 0 Å². The molecule has 1 amide bonds. The summed E-state index contributed by atoms with van der Waals surface area (Å²) < 4.78 is 14.6. The van der Waals surface area contributed by atoms with Crippen LogP contribution in [-0.2, 0) is 6.42 Å². The van der Waals surface area contributed by atoms with Gasteiger partial charge in [0.25, 0.3) is 5.91 Å². The molecule has 5 rings (SSSR count). The van der Waals surface area contributed by atoms with Crippen LogP contribution < -0.4 is 5.32 Å². The van der Waals surface area contributed by atoms with Crippen molar-refractivity contribution in [2.24, 2.45) is 0 Å². The van der Waals surface area contributed by atoms with Crippen LogP contribution in [0.1, 0.15) is 28.0 Å². The van der Waals surface area contributed by atoms with E-state index in [9.17, 15) is 9.18 Å². The summed E-state index contributed by atoms with van der Waals surface area (Å²) in [6, 6.07) is 22.7. The minimum Gasteiger partial charge on any atom is -0.380 e. The van der Waals surface area contributed by atoms with Gasteiger partial charge >= 0.3 is 0 Å². The molecule has 0 radical (unpaired) electrons. The number of anilines is 1. The van der Waals surface area contributed by atoms with Gasteiger partial charge in [0.15, 0.2) is 0 Å². The van der Waals surface area contributed by atoms with Crippen molar-refractivity contribution in [3.05, 3.63) is 102 Å². The van der Waals surface area contributed by atoms with Gasteiger partial charge in [0.1, 0.15) is 5.82 Å². The molecular formula is C26H23FN4O. The number of nitrogens with one attached hydrogen (secondary N) is 1. The maximum absolute atomic E-state index is 14.6. The van der Waals surface area contributed by atoms with Crippen molar-refractivity contribution in [3.63, 3.8) is 0 Å². The Kier molecular flexibility index (Phi) is 5.50. The van der Waals surface area contributed by atoms with Gasteiger partial charge in [0, 0.05) is 42.0 Å². The largest absolute Gasteiger partial charge is 0.380 e. The lowest BCUT2D eigenvalue weighted by Gasteiger charge is -2.18. The minimum absolute atomic E-state index is 0.107. The summed E-state index contributed by atoms with van der Waals surface area (Å²) in [7, 11) is 0. The molecule has 4 aromatic rings. The van der Waals surface area contributed by atoms with Crippen molar-refractivity contribution in [1.82, 2.24) is 15.1 Å². The Balaban J connectivity index is 1.33. The maximum atomic E-state index is 14.6. The molecule has 0 spiro atoms. The fourth-order valence-electron chi connectivity index (χ4n) is 4.26. The predicted octanol–water partition coefficient (Wildman–Crippen LogP) is 4.69. The molecule has 32 heavy (non-hydrogen) atoms. The second kappa shape index (κ2) is 8.75. The maximum Gasteiger partial charge on any atom is 0.256 e. The van der Waals surface area contributed by atoms with E-state index in [0.717, 1.165) is 34.1 Å². The van der Waals surface area contributed by atoms with E-state index in [1.807, 2.05) is 54.6 Å². The lowest BCUT2D eigenvalue weighted by molar-refractivity contribution is 0.0787. The molecule has 0 unspecified atom stereocenters. The van der Waals surface area contributed by atoms with Crippen molar-refractivity contribution < 1.29 is 9.18 Å². The summed E-state index contributed by atoms with van der Waals surface area (Å²) in [4.78, 5) is 14.8. The van der Waals surface area contributed by atoms with E-state index < -0.39 is 5.82 Å². The van der Waals surface area contributed by atoms with Crippen molar-refractivity contribution in [2.75, 3.05) is 18.4 Å². The molecular weight excluding hydrogens is 403 g/mol. The molecule has 0 saturated carbocycles. The fourth-order valence-corrected chi connectivity index (χ4v) is 4.26. The second-order valence-electron chi connectivity index (χ2n) is 8.12. The standard InChI is InChI=1S/C26H23FN4O/c27-24-11-10-18(15-25-22-9-5-4-6-19(22)16-28-30-25)14-23(24)26(32)31-13-12-21(17-31)29-20-7-2-1-3-8-20/h1-11,14,16,21,29H,12-13,15,17H2/t21-/m1/s1. The van der Waals surface area contributed by atoms with E-state index in [1.165, 1.54) is 6.07 Å². The summed E-state index contributed by atoms with van der Waals surface area (Å²) in [6.07, 6.45) is 3.03. The lowest BCUT2D eigenvalue weighted by Crippen LogP contribution is -2.32. The number of carbonyl (C=O) groups excluding carboxylic acids is 1. The van der Waals surface area contributed by atoms with Gasteiger partial charge in [-0.2, -0.15) is 10.2 Å². The van der Waals surface area contributed by atoms with E-state index >= 15 is 0 Å². The van der Waals surface area contributed by atoms with E-state index in [4.69, 9.17) is 0 Å². The zero-order chi connectivity index (χ0) is 21.9. The Morgan fingerprint density at radius 2 is 1.88 bits per heavy atom. The zero-order valence-corrected chi connectivity index (χ0v) is 17.5. The first-order chi connectivity index (χ1) is 15.7. The molecule has 1 aliphatic rings. The highest BCUT2D eigenvalue weighted by atomic mass is 19.1. The zero-order valence-electron chi connectivity index (χ0n) is 17.5. The van der Waals surface area contributed by atoms with Gasteiger partial charge in [-0.15, -0.1) is 0 Å². The summed E-state index contributed by atoms with van der Waals surface area (Å²) in [5.74, 6) is -0.770. The fraction of sp³-hybridized carbons (Fsp3) is 0.192. The first-order valence-electron chi connectivity index (χ1n) is 10.8. The van der Waals surface area contributed by atoms with Gasteiger partial charge in [0.05, 0.1) is 17.5 Å². The first-order valence-corrected chi connectivity index (χ1v) is 10.8. The Labute approximate surface area is 185 Å². The number of aromatic nitrogens is 2. The third-order valence-electron chi connectivity index (χ3n) is 5.90. The molecule has 1 aromatic heterocycles. The van der Waals surface area contributed by atoms with Gasteiger partial charge in [0.2, 0.25) is 0 Å². The van der Waals surface area contributed by atoms with Gasteiger partial charge in [-0.3, -0.25) is 4.79 Å². The highest BCUT2D eigenvalue weighted by Crippen LogP contribution is 2.22. The second-order valence-corrected chi connectivity index (χ2v) is 8.12. The molecule has 1 aliphatic heterocycles. The number of para-hydroxylation sites is 1. The number of rotatable bonds is 5. The molecule has 1 atom stereocenters. The van der Waals surface area contributed by atoms with E-state index in [1.54, 1.807) is 23.2 Å². The van der Waals surface area contributed by atoms with Crippen LogP contribution in [0.3, 0.4) is 0 Å². The Morgan fingerprint density at radius 1 is 1.06 bits per heavy atom. The molecule has 0 aliphatic carbocycles. The van der Waals surface area contributed by atoms with Crippen LogP contribution in [-0.4, -0.2) is 40.1 Å². The SMILES string of the molecule is O=C(c1cc(Cc2nncc3ccccc23)ccc1F)N1CC[C@@H](Nc2ccccc2)C1. The topological polar surface area (TPSA) is 58.1 Å². The molecule has 5 nitrogen and oxygen atoms in total. The van der Waals surface area contributed by atoms with E-state index in [0.29, 0.717) is 19.5 Å². The number of hydrogen-bond acceptors (Lipinski definition) is 4. The lowest BCUT2D eigenvalue weighted by atomic mass is 10.0. The predicted molar refractivity (Wildman–Crippen MR) is 123 cm³/mol. The van der Waals surface area contributed by atoms with Gasteiger partial charge in [-0.05, 0) is 36.2 Å². The summed E-state index contributed by atoms with van der Waals surface area (Å²) in [5, 5.41) is 13.8. The van der Waals surface area contributed by atoms with Crippen molar-refractivity contribution in [2.45, 2.75) is 18.9 Å². The first kappa shape index (κ1) is 20.1. The van der Waals surface area contributed by atoms with Crippen molar-refractivity contribution in [3.8, 4) is 0 Å². The average molecular weight is 426 g/mol. The summed E-state index contributed by atoms with van der Waals surface area (Å²) >= 11 is 0. The number of fused-ring (bicyclic) bond motifs is 1. The Bertz CT molecular complexity index is 1260. The number of halogens is 1. The van der Waals surface area contributed by atoms with Crippen LogP contribution in [0.5, 0.6) is 0 Å². The van der Waals surface area contributed by atoms with Crippen LogP contribution >= 0.6 is 0 Å². The van der Waals surface area contributed by atoms with Crippen LogP contribution in [0, 0.1) is 5.82 Å². The van der Waals surface area contributed by atoms with Gasteiger partial charge in [-0.25, -0.2) is 4.39 Å². The number of benzene rings is 3. The van der Waals surface area contributed by atoms with E-state index in [2.05, 4.69) is 15.5 Å². The van der Waals surface area contributed by atoms with Crippen molar-refractivity contribution >= 4 is 22.4 Å². The molecule has 0 bridgehead atoms. The van der Waals surface area contributed by atoms with Crippen LogP contribution in [0.25, 0.3) is 10.8 Å². The third kappa shape index (κ3) is 4.17. The number of likely N-dealkylation sites (tertiary alicyclic amines) is 1. The monoisotopic (exact) mass is 426 g/mol. The number of nitrogens with zero attached hydrogens (tertiary/aromatic N) is 3. The molecule has 3 aromatic carbocycles. The molecule has 2 heterocycles. The van der Waals surface area contributed by atoms with Crippen molar-refractivity contribution in [1.29, 1.82) is 0 Å². The summed E-state index contributed by atoms with van der Waals surface area (Å²) in [6.45, 7) is 1.15. The highest BCUT2D eigenvalue weighted by Gasteiger charge is 2.28. The third-order valence-corrected chi connectivity index (χ3v) is 5.90. The Morgan fingerprint density at radius 3 is 2.75 bits per heavy atom. The number of carbonyl (C=O) groups is 1. The molecule has 1 N–H and O–H groups in total. The van der Waals surface area contributed by atoms with Crippen LogP contribution in [0.4, 0.5) is 10.1 Å². The average Bonchev–Trinajstić information content (AvgIpc) is 3.29. The Hall–Kier alpha value is -3.80. The normalized spacial score (nSPS) is 15.8. The molecule has 1 saturated heterocycles. The van der Waals surface area contributed by atoms with E-state index in [-0.39, 0.29) is 17.5 Å². The van der Waals surface area contributed by atoms with Gasteiger partial charge < -0.3 is 10.2 Å². The molecule has 6 heteroatoms. The number of hydrogen-bond donors (Lipinski definition) is 1. The summed E-state index contributed by atoms with van der Waals surface area (Å²) in [5.41, 5.74) is 2.77. The molecule has 1 fully saturated rings.